The van der Waals surface area contributed by atoms with Crippen molar-refractivity contribution in [2.45, 2.75) is 25.4 Å². The maximum Gasteiger partial charge on any atom is 0.146 e. The average molecular weight is 353 g/mol. The fourth-order valence-electron chi connectivity index (χ4n) is 1.96. The molecule has 0 saturated heterocycles. The first-order valence-electron chi connectivity index (χ1n) is 6.66. The van der Waals surface area contributed by atoms with Gasteiger partial charge in [-0.25, -0.2) is 0 Å². The van der Waals surface area contributed by atoms with E-state index in [1.165, 1.54) is 12.8 Å². The van der Waals surface area contributed by atoms with Gasteiger partial charge in [-0.2, -0.15) is 0 Å². The maximum atomic E-state index is 6.15. The zero-order chi connectivity index (χ0) is 13.9. The summed E-state index contributed by atoms with van der Waals surface area (Å²) in [6, 6.07) is 14.3. The van der Waals surface area contributed by atoms with Gasteiger partial charge in [-0.15, -0.1) is 0 Å². The maximum absolute atomic E-state index is 6.15. The molecule has 3 rings (SSSR count). The van der Waals surface area contributed by atoms with Crippen molar-refractivity contribution in [1.82, 2.24) is 5.32 Å². The van der Waals surface area contributed by atoms with Crippen LogP contribution in [0.3, 0.4) is 0 Å². The summed E-state index contributed by atoms with van der Waals surface area (Å²) in [4.78, 5) is 0. The van der Waals surface area contributed by atoms with Crippen LogP contribution in [0, 0.1) is 0 Å². The molecule has 0 heterocycles. The predicted molar refractivity (Wildman–Crippen MR) is 85.5 cm³/mol. The molecule has 1 fully saturated rings. The minimum Gasteiger partial charge on any atom is -0.455 e. The van der Waals surface area contributed by atoms with Gasteiger partial charge in [0.15, 0.2) is 0 Å². The monoisotopic (exact) mass is 351 g/mol. The lowest BCUT2D eigenvalue weighted by atomic mass is 10.2. The molecule has 0 unspecified atom stereocenters. The summed E-state index contributed by atoms with van der Waals surface area (Å²) in [6.07, 6.45) is 2.55. The summed E-state index contributed by atoms with van der Waals surface area (Å²) in [5.41, 5.74) is 1.14. The molecule has 1 aliphatic rings. The molecule has 104 valence electrons. The van der Waals surface area contributed by atoms with E-state index in [9.17, 15) is 0 Å². The van der Waals surface area contributed by atoms with Gasteiger partial charge < -0.3 is 10.1 Å². The van der Waals surface area contributed by atoms with E-state index in [1.807, 2.05) is 36.4 Å². The fourth-order valence-corrected chi connectivity index (χ4v) is 2.47. The molecule has 0 radical (unpaired) electrons. The first kappa shape index (κ1) is 13.9. The lowest BCUT2D eigenvalue weighted by Gasteiger charge is -2.13. The normalized spacial score (nSPS) is 14.3. The molecule has 0 spiro atoms. The Morgan fingerprint density at radius 1 is 1.15 bits per heavy atom. The molecular weight excluding hydrogens is 338 g/mol. The molecule has 1 saturated carbocycles. The summed E-state index contributed by atoms with van der Waals surface area (Å²) in [6.45, 7) is 0.817. The first-order valence-corrected chi connectivity index (χ1v) is 7.83. The minimum absolute atomic E-state index is 0.619. The number of hydrogen-bond acceptors (Lipinski definition) is 2. The third-order valence-electron chi connectivity index (χ3n) is 3.24. The number of ether oxygens (including phenoxy) is 1. The Morgan fingerprint density at radius 3 is 2.70 bits per heavy atom. The molecule has 1 aliphatic carbocycles. The van der Waals surface area contributed by atoms with Crippen molar-refractivity contribution in [2.75, 3.05) is 0 Å². The van der Waals surface area contributed by atoms with Crippen molar-refractivity contribution in [3.05, 3.63) is 57.5 Å². The highest BCUT2D eigenvalue weighted by Gasteiger charge is 2.20. The van der Waals surface area contributed by atoms with Crippen LogP contribution in [0.5, 0.6) is 11.5 Å². The Morgan fingerprint density at radius 2 is 1.95 bits per heavy atom. The Bertz CT molecular complexity index is 613. The van der Waals surface area contributed by atoms with Crippen molar-refractivity contribution in [2.24, 2.45) is 0 Å². The quantitative estimate of drug-likeness (QED) is 0.804. The molecule has 4 heteroatoms. The molecule has 0 aromatic heterocycles. The van der Waals surface area contributed by atoms with E-state index >= 15 is 0 Å². The van der Waals surface area contributed by atoms with Crippen LogP contribution in [0.4, 0.5) is 0 Å². The molecule has 20 heavy (non-hydrogen) atoms. The van der Waals surface area contributed by atoms with E-state index in [4.69, 9.17) is 16.3 Å². The second-order valence-electron chi connectivity index (χ2n) is 4.94. The van der Waals surface area contributed by atoms with Crippen LogP contribution < -0.4 is 10.1 Å². The molecule has 2 aromatic carbocycles. The highest BCUT2D eigenvalue weighted by Crippen LogP contribution is 2.33. The van der Waals surface area contributed by atoms with Crippen molar-refractivity contribution in [3.63, 3.8) is 0 Å². The Labute approximate surface area is 132 Å². The molecule has 0 bridgehead atoms. The minimum atomic E-state index is 0.619. The van der Waals surface area contributed by atoms with Gasteiger partial charge in [-0.1, -0.05) is 45.7 Å². The Kier molecular flexibility index (Phi) is 4.29. The molecular formula is C16H15BrClNO. The molecule has 0 atom stereocenters. The van der Waals surface area contributed by atoms with Crippen molar-refractivity contribution >= 4 is 27.5 Å². The van der Waals surface area contributed by atoms with E-state index in [0.29, 0.717) is 16.8 Å². The van der Waals surface area contributed by atoms with Gasteiger partial charge in [0.2, 0.25) is 0 Å². The fraction of sp³-hybridized carbons (Fsp3) is 0.250. The van der Waals surface area contributed by atoms with Gasteiger partial charge in [0.1, 0.15) is 11.5 Å². The van der Waals surface area contributed by atoms with Crippen molar-refractivity contribution in [1.29, 1.82) is 0 Å². The SMILES string of the molecule is Clc1ccccc1Oc1cc(Br)ccc1CNC1CC1. The summed E-state index contributed by atoms with van der Waals surface area (Å²) < 4.78 is 6.97. The molecule has 1 N–H and O–H groups in total. The standard InChI is InChI=1S/C16H15BrClNO/c17-12-6-5-11(10-19-13-7-8-13)16(9-12)20-15-4-2-1-3-14(15)18/h1-6,9,13,19H,7-8,10H2. The highest BCUT2D eigenvalue weighted by molar-refractivity contribution is 9.10. The average Bonchev–Trinajstić information content (AvgIpc) is 3.25. The zero-order valence-corrected chi connectivity index (χ0v) is 13.2. The number of para-hydroxylation sites is 1. The largest absolute Gasteiger partial charge is 0.455 e. The van der Waals surface area contributed by atoms with Gasteiger partial charge in [-0.3, -0.25) is 0 Å². The van der Waals surface area contributed by atoms with Crippen LogP contribution in [-0.4, -0.2) is 6.04 Å². The third kappa shape index (κ3) is 3.54. The smallest absolute Gasteiger partial charge is 0.146 e. The molecule has 0 amide bonds. The first-order chi connectivity index (χ1) is 9.72. The van der Waals surface area contributed by atoms with Gasteiger partial charge >= 0.3 is 0 Å². The van der Waals surface area contributed by atoms with Crippen LogP contribution in [0.2, 0.25) is 5.02 Å². The summed E-state index contributed by atoms with van der Waals surface area (Å²) in [7, 11) is 0. The molecule has 0 aliphatic heterocycles. The number of halogens is 2. The Balaban J connectivity index is 1.82. The summed E-state index contributed by atoms with van der Waals surface area (Å²) in [5.74, 6) is 1.51. The third-order valence-corrected chi connectivity index (χ3v) is 4.05. The van der Waals surface area contributed by atoms with E-state index in [2.05, 4.69) is 27.3 Å². The molecule has 2 aromatic rings. The Hall–Kier alpha value is -1.03. The van der Waals surface area contributed by atoms with Crippen LogP contribution in [0.15, 0.2) is 46.9 Å². The highest BCUT2D eigenvalue weighted by atomic mass is 79.9. The summed E-state index contributed by atoms with van der Waals surface area (Å²) >= 11 is 9.64. The van der Waals surface area contributed by atoms with Crippen LogP contribution in [0.1, 0.15) is 18.4 Å². The second kappa shape index (κ2) is 6.17. The van der Waals surface area contributed by atoms with Crippen LogP contribution in [0.25, 0.3) is 0 Å². The lowest BCUT2D eigenvalue weighted by Crippen LogP contribution is -2.15. The van der Waals surface area contributed by atoms with Gasteiger partial charge in [-0.05, 0) is 37.1 Å². The predicted octanol–water partition coefficient (Wildman–Crippen LogP) is 5.15. The lowest BCUT2D eigenvalue weighted by molar-refractivity contribution is 0.472. The number of nitrogens with one attached hydrogen (secondary N) is 1. The summed E-state index contributed by atoms with van der Waals surface area (Å²) in [5, 5.41) is 4.12. The number of rotatable bonds is 5. The van der Waals surface area contributed by atoms with Crippen LogP contribution >= 0.6 is 27.5 Å². The van der Waals surface area contributed by atoms with E-state index in [-0.39, 0.29) is 0 Å². The topological polar surface area (TPSA) is 21.3 Å². The van der Waals surface area contributed by atoms with E-state index in [0.717, 1.165) is 22.3 Å². The van der Waals surface area contributed by atoms with Crippen molar-refractivity contribution < 1.29 is 4.74 Å². The molecule has 2 nitrogen and oxygen atoms in total. The van der Waals surface area contributed by atoms with Crippen molar-refractivity contribution in [3.8, 4) is 11.5 Å². The van der Waals surface area contributed by atoms with Gasteiger partial charge in [0.05, 0.1) is 5.02 Å². The van der Waals surface area contributed by atoms with Crippen LogP contribution in [-0.2, 0) is 6.54 Å². The number of benzene rings is 2. The number of hydrogen-bond donors (Lipinski definition) is 1. The van der Waals surface area contributed by atoms with Gasteiger partial charge in [0.25, 0.3) is 0 Å². The van der Waals surface area contributed by atoms with E-state index in [1.54, 1.807) is 0 Å². The van der Waals surface area contributed by atoms with Gasteiger partial charge in [0, 0.05) is 22.6 Å². The second-order valence-corrected chi connectivity index (χ2v) is 6.26. The zero-order valence-electron chi connectivity index (χ0n) is 10.9. The van der Waals surface area contributed by atoms with E-state index < -0.39 is 0 Å².